The molecule has 0 unspecified atom stereocenters. The van der Waals surface area contributed by atoms with Gasteiger partial charge in [0, 0.05) is 31.2 Å². The van der Waals surface area contributed by atoms with Crippen LogP contribution in [0.2, 0.25) is 5.02 Å². The number of hydrogen-bond acceptors (Lipinski definition) is 3. The van der Waals surface area contributed by atoms with E-state index in [1.165, 1.54) is 5.56 Å². The molecule has 0 radical (unpaired) electrons. The molecule has 0 spiro atoms. The molecule has 18 heavy (non-hydrogen) atoms. The van der Waals surface area contributed by atoms with Gasteiger partial charge < -0.3 is 0 Å². The molecule has 0 aliphatic carbocycles. The van der Waals surface area contributed by atoms with Crippen molar-refractivity contribution in [3.63, 3.8) is 0 Å². The number of hydrogen-bond donors (Lipinski definition) is 0. The van der Waals surface area contributed by atoms with Gasteiger partial charge in [-0.3, -0.25) is 14.6 Å². The van der Waals surface area contributed by atoms with Crippen molar-refractivity contribution in [2.24, 2.45) is 0 Å². The average Bonchev–Trinajstić information content (AvgIpc) is 2.75. The fourth-order valence-electron chi connectivity index (χ4n) is 1.72. The summed E-state index contributed by atoms with van der Waals surface area (Å²) in [5, 5.41) is 4.87. The Kier molecular flexibility index (Phi) is 4.33. The molecule has 0 aliphatic heterocycles. The molecule has 0 atom stereocenters. The molecular weight excluding hydrogens is 248 g/mol. The highest BCUT2D eigenvalue weighted by Gasteiger charge is 2.11. The number of pyridine rings is 1. The Bertz CT molecular complexity index is 481. The van der Waals surface area contributed by atoms with Crippen LogP contribution in [0.4, 0.5) is 0 Å². The van der Waals surface area contributed by atoms with E-state index in [4.69, 9.17) is 11.6 Å². The molecule has 5 heteroatoms. The maximum atomic E-state index is 5.87. The summed E-state index contributed by atoms with van der Waals surface area (Å²) in [6.45, 7) is 5.91. The lowest BCUT2D eigenvalue weighted by Gasteiger charge is -2.26. The van der Waals surface area contributed by atoms with Crippen molar-refractivity contribution in [2.75, 3.05) is 0 Å². The number of halogens is 1. The van der Waals surface area contributed by atoms with Gasteiger partial charge in [0.25, 0.3) is 0 Å². The third-order valence-electron chi connectivity index (χ3n) is 2.77. The minimum Gasteiger partial charge on any atom is -0.278 e. The van der Waals surface area contributed by atoms with Gasteiger partial charge in [0.05, 0.1) is 17.9 Å². The number of aromatic nitrogens is 3. The van der Waals surface area contributed by atoms with Gasteiger partial charge in [-0.25, -0.2) is 0 Å². The molecule has 0 bridgehead atoms. The Hall–Kier alpha value is -1.39. The molecular formula is C13H17ClN4. The molecule has 0 amide bonds. The second-order valence-corrected chi connectivity index (χ2v) is 4.98. The highest BCUT2D eigenvalue weighted by atomic mass is 35.5. The summed E-state index contributed by atoms with van der Waals surface area (Å²) in [7, 11) is 0. The van der Waals surface area contributed by atoms with Crippen LogP contribution in [-0.4, -0.2) is 25.7 Å². The van der Waals surface area contributed by atoms with Crippen molar-refractivity contribution in [2.45, 2.75) is 33.1 Å². The predicted molar refractivity (Wildman–Crippen MR) is 72.2 cm³/mol. The lowest BCUT2D eigenvalue weighted by molar-refractivity contribution is 0.154. The van der Waals surface area contributed by atoms with E-state index in [-0.39, 0.29) is 0 Å². The van der Waals surface area contributed by atoms with Gasteiger partial charge in [0.15, 0.2) is 0 Å². The first kappa shape index (κ1) is 13.1. The third kappa shape index (κ3) is 3.55. The Morgan fingerprint density at radius 1 is 1.39 bits per heavy atom. The molecule has 2 aromatic rings. The Labute approximate surface area is 112 Å². The van der Waals surface area contributed by atoms with E-state index < -0.39 is 0 Å². The van der Waals surface area contributed by atoms with Crippen LogP contribution in [0.5, 0.6) is 0 Å². The average molecular weight is 265 g/mol. The molecule has 0 N–H and O–H groups in total. The van der Waals surface area contributed by atoms with Crippen LogP contribution in [0.25, 0.3) is 0 Å². The minimum absolute atomic E-state index is 0.424. The molecule has 0 fully saturated rings. The lowest BCUT2D eigenvalue weighted by Crippen LogP contribution is -2.32. The van der Waals surface area contributed by atoms with Crippen molar-refractivity contribution in [1.82, 2.24) is 19.7 Å². The van der Waals surface area contributed by atoms with Gasteiger partial charge in [-0.15, -0.1) is 0 Å². The molecule has 0 aliphatic rings. The SMILES string of the molecule is CC(C)N(Cc1cccnc1)Cn1cc(Cl)cn1. The third-order valence-corrected chi connectivity index (χ3v) is 2.96. The van der Waals surface area contributed by atoms with Gasteiger partial charge >= 0.3 is 0 Å². The Balaban J connectivity index is 2.05. The molecule has 0 aromatic carbocycles. The molecule has 0 saturated carbocycles. The normalized spacial score (nSPS) is 11.4. The van der Waals surface area contributed by atoms with E-state index in [1.807, 2.05) is 23.1 Å². The summed E-state index contributed by atoms with van der Waals surface area (Å²) in [6.07, 6.45) is 7.17. The van der Waals surface area contributed by atoms with Gasteiger partial charge in [0.2, 0.25) is 0 Å². The zero-order valence-electron chi connectivity index (χ0n) is 10.6. The van der Waals surface area contributed by atoms with Crippen LogP contribution in [-0.2, 0) is 13.2 Å². The first-order chi connectivity index (χ1) is 8.65. The molecule has 96 valence electrons. The Morgan fingerprint density at radius 2 is 2.22 bits per heavy atom. The van der Waals surface area contributed by atoms with Crippen LogP contribution < -0.4 is 0 Å². The maximum Gasteiger partial charge on any atom is 0.0934 e. The summed E-state index contributed by atoms with van der Waals surface area (Å²) in [5.41, 5.74) is 1.20. The zero-order chi connectivity index (χ0) is 13.0. The van der Waals surface area contributed by atoms with Crippen LogP contribution in [0.15, 0.2) is 36.9 Å². The van der Waals surface area contributed by atoms with Gasteiger partial charge in [0.1, 0.15) is 0 Å². The van der Waals surface area contributed by atoms with Crippen molar-refractivity contribution in [1.29, 1.82) is 0 Å². The Morgan fingerprint density at radius 3 is 2.78 bits per heavy atom. The summed E-state index contributed by atoms with van der Waals surface area (Å²) >= 11 is 5.87. The quantitative estimate of drug-likeness (QED) is 0.833. The molecule has 0 saturated heterocycles. The standard InChI is InChI=1S/C13H17ClN4/c1-11(2)17(8-12-4-3-5-15-6-12)10-18-9-13(14)7-16-18/h3-7,9,11H,8,10H2,1-2H3. The first-order valence-electron chi connectivity index (χ1n) is 5.96. The second kappa shape index (κ2) is 5.98. The van der Waals surface area contributed by atoms with E-state index in [1.54, 1.807) is 12.4 Å². The van der Waals surface area contributed by atoms with E-state index in [9.17, 15) is 0 Å². The minimum atomic E-state index is 0.424. The first-order valence-corrected chi connectivity index (χ1v) is 6.34. The van der Waals surface area contributed by atoms with E-state index in [0.29, 0.717) is 11.1 Å². The fraction of sp³-hybridized carbons (Fsp3) is 0.385. The lowest BCUT2D eigenvalue weighted by atomic mass is 10.2. The van der Waals surface area contributed by atoms with Crippen LogP contribution >= 0.6 is 11.6 Å². The monoisotopic (exact) mass is 264 g/mol. The summed E-state index contributed by atoms with van der Waals surface area (Å²) < 4.78 is 1.85. The smallest absolute Gasteiger partial charge is 0.0934 e. The molecule has 4 nitrogen and oxygen atoms in total. The topological polar surface area (TPSA) is 34.0 Å². The predicted octanol–water partition coefficient (Wildman–Crippen LogP) is 2.80. The molecule has 2 rings (SSSR count). The fourth-order valence-corrected chi connectivity index (χ4v) is 1.88. The van der Waals surface area contributed by atoms with E-state index >= 15 is 0 Å². The largest absolute Gasteiger partial charge is 0.278 e. The van der Waals surface area contributed by atoms with E-state index in [0.717, 1.165) is 13.2 Å². The molecule has 2 aromatic heterocycles. The van der Waals surface area contributed by atoms with Crippen LogP contribution in [0, 0.1) is 0 Å². The summed E-state index contributed by atoms with van der Waals surface area (Å²) in [4.78, 5) is 6.44. The van der Waals surface area contributed by atoms with Gasteiger partial charge in [-0.05, 0) is 25.5 Å². The number of rotatable bonds is 5. The zero-order valence-corrected chi connectivity index (χ0v) is 11.4. The van der Waals surface area contributed by atoms with Crippen LogP contribution in [0.3, 0.4) is 0 Å². The highest BCUT2D eigenvalue weighted by Crippen LogP contribution is 2.10. The van der Waals surface area contributed by atoms with E-state index in [2.05, 4.69) is 34.9 Å². The maximum absolute atomic E-state index is 5.87. The van der Waals surface area contributed by atoms with Crippen LogP contribution in [0.1, 0.15) is 19.4 Å². The highest BCUT2D eigenvalue weighted by molar-refractivity contribution is 6.30. The summed E-state index contributed by atoms with van der Waals surface area (Å²) in [6, 6.07) is 4.46. The number of nitrogens with zero attached hydrogens (tertiary/aromatic N) is 4. The van der Waals surface area contributed by atoms with Gasteiger partial charge in [-0.1, -0.05) is 17.7 Å². The van der Waals surface area contributed by atoms with Crippen molar-refractivity contribution >= 4 is 11.6 Å². The van der Waals surface area contributed by atoms with Crippen molar-refractivity contribution < 1.29 is 0 Å². The summed E-state index contributed by atoms with van der Waals surface area (Å²) in [5.74, 6) is 0. The second-order valence-electron chi connectivity index (χ2n) is 4.54. The van der Waals surface area contributed by atoms with Crippen molar-refractivity contribution in [3.05, 3.63) is 47.5 Å². The molecule has 2 heterocycles. The van der Waals surface area contributed by atoms with Gasteiger partial charge in [-0.2, -0.15) is 5.10 Å². The van der Waals surface area contributed by atoms with Crippen molar-refractivity contribution in [3.8, 4) is 0 Å².